The smallest absolute Gasteiger partial charge is 0.343 e. The van der Waals surface area contributed by atoms with Crippen molar-refractivity contribution in [1.82, 2.24) is 4.98 Å². The summed E-state index contributed by atoms with van der Waals surface area (Å²) in [7, 11) is 0. The highest BCUT2D eigenvalue weighted by atomic mass is 35.5. The first-order valence-corrected chi connectivity index (χ1v) is 7.56. The van der Waals surface area contributed by atoms with Gasteiger partial charge in [-0.3, -0.25) is 0 Å². The summed E-state index contributed by atoms with van der Waals surface area (Å²) in [5.41, 5.74) is 1.07. The van der Waals surface area contributed by atoms with Crippen LogP contribution in [0, 0.1) is 0 Å². The minimum absolute atomic E-state index is 0.302. The van der Waals surface area contributed by atoms with Crippen molar-refractivity contribution in [3.05, 3.63) is 34.9 Å². The van der Waals surface area contributed by atoms with Crippen molar-refractivity contribution in [3.8, 4) is 0 Å². The maximum absolute atomic E-state index is 12.2. The molecule has 0 amide bonds. The Labute approximate surface area is 129 Å². The Morgan fingerprint density at radius 2 is 2.10 bits per heavy atom. The Hall–Kier alpha value is -1.81. The number of fused-ring (bicyclic) bond motifs is 1. The van der Waals surface area contributed by atoms with E-state index in [1.54, 1.807) is 6.92 Å². The van der Waals surface area contributed by atoms with Crippen molar-refractivity contribution >= 4 is 34.3 Å². The van der Waals surface area contributed by atoms with E-state index in [1.165, 1.54) is 0 Å². The monoisotopic (exact) mass is 306 g/mol. The first kappa shape index (κ1) is 15.6. The standard InChI is InChI=1S/C16H19ClN2O2/c1-3-5-10-18-15-13(16(20)21-4-2)14(17)11-8-6-7-9-12(11)19-15/h6-9H,3-5,10H2,1-2H3,(H,18,19). The predicted molar refractivity (Wildman–Crippen MR) is 86.1 cm³/mol. The summed E-state index contributed by atoms with van der Waals surface area (Å²) in [6.45, 7) is 4.92. The Kier molecular flexibility index (Phi) is 5.39. The van der Waals surface area contributed by atoms with E-state index < -0.39 is 5.97 Å². The second-order valence-electron chi connectivity index (χ2n) is 4.67. The highest BCUT2D eigenvalue weighted by Gasteiger charge is 2.21. The SMILES string of the molecule is CCCCNc1nc2ccccc2c(Cl)c1C(=O)OCC. The normalized spacial score (nSPS) is 10.6. The zero-order valence-electron chi connectivity index (χ0n) is 12.3. The summed E-state index contributed by atoms with van der Waals surface area (Å²) in [4.78, 5) is 16.7. The third-order valence-electron chi connectivity index (χ3n) is 3.13. The van der Waals surface area contributed by atoms with E-state index in [-0.39, 0.29) is 0 Å². The summed E-state index contributed by atoms with van der Waals surface area (Å²) in [5, 5.41) is 4.33. The Balaban J connectivity index is 2.51. The van der Waals surface area contributed by atoms with Crippen LogP contribution in [-0.4, -0.2) is 24.1 Å². The van der Waals surface area contributed by atoms with E-state index in [9.17, 15) is 4.79 Å². The molecule has 112 valence electrons. The van der Waals surface area contributed by atoms with Crippen LogP contribution in [0.4, 0.5) is 5.82 Å². The van der Waals surface area contributed by atoms with Gasteiger partial charge in [0, 0.05) is 11.9 Å². The van der Waals surface area contributed by atoms with E-state index in [0.29, 0.717) is 23.0 Å². The molecule has 2 rings (SSSR count). The highest BCUT2D eigenvalue weighted by Crippen LogP contribution is 2.31. The van der Waals surface area contributed by atoms with Crippen LogP contribution in [0.3, 0.4) is 0 Å². The molecular formula is C16H19ClN2O2. The molecule has 0 aliphatic rings. The van der Waals surface area contributed by atoms with Crippen molar-refractivity contribution in [1.29, 1.82) is 0 Å². The van der Waals surface area contributed by atoms with E-state index in [2.05, 4.69) is 17.2 Å². The molecular weight excluding hydrogens is 288 g/mol. The van der Waals surface area contributed by atoms with Gasteiger partial charge < -0.3 is 10.1 Å². The van der Waals surface area contributed by atoms with Crippen LogP contribution >= 0.6 is 11.6 Å². The number of carbonyl (C=O) groups excluding carboxylic acids is 1. The number of nitrogens with one attached hydrogen (secondary N) is 1. The fourth-order valence-corrected chi connectivity index (χ4v) is 2.40. The summed E-state index contributed by atoms with van der Waals surface area (Å²) < 4.78 is 5.10. The second kappa shape index (κ2) is 7.27. The molecule has 1 aromatic carbocycles. The van der Waals surface area contributed by atoms with Gasteiger partial charge in [0.15, 0.2) is 0 Å². The lowest BCUT2D eigenvalue weighted by Gasteiger charge is -2.13. The summed E-state index contributed by atoms with van der Waals surface area (Å²) in [6.07, 6.45) is 2.05. The number of aromatic nitrogens is 1. The Morgan fingerprint density at radius 3 is 2.81 bits per heavy atom. The molecule has 1 heterocycles. The zero-order chi connectivity index (χ0) is 15.2. The number of pyridine rings is 1. The maximum atomic E-state index is 12.2. The third kappa shape index (κ3) is 3.45. The van der Waals surface area contributed by atoms with Crippen molar-refractivity contribution in [3.63, 3.8) is 0 Å². The maximum Gasteiger partial charge on any atom is 0.343 e. The van der Waals surface area contributed by atoms with Gasteiger partial charge in [0.05, 0.1) is 17.1 Å². The molecule has 0 spiro atoms. The first-order valence-electron chi connectivity index (χ1n) is 7.18. The lowest BCUT2D eigenvalue weighted by atomic mass is 10.1. The third-order valence-corrected chi connectivity index (χ3v) is 3.52. The fourth-order valence-electron chi connectivity index (χ4n) is 2.07. The number of nitrogens with zero attached hydrogens (tertiary/aromatic N) is 1. The molecule has 0 radical (unpaired) electrons. The second-order valence-corrected chi connectivity index (χ2v) is 5.05. The molecule has 0 bridgehead atoms. The van der Waals surface area contributed by atoms with Gasteiger partial charge in [0.2, 0.25) is 0 Å². The molecule has 0 aliphatic heterocycles. The molecule has 0 saturated carbocycles. The van der Waals surface area contributed by atoms with Crippen LogP contribution in [0.15, 0.2) is 24.3 Å². The topological polar surface area (TPSA) is 51.2 Å². The number of hydrogen-bond acceptors (Lipinski definition) is 4. The lowest BCUT2D eigenvalue weighted by molar-refractivity contribution is 0.0527. The van der Waals surface area contributed by atoms with Gasteiger partial charge in [-0.05, 0) is 19.4 Å². The minimum atomic E-state index is -0.445. The minimum Gasteiger partial charge on any atom is -0.462 e. The quantitative estimate of drug-likeness (QED) is 0.639. The number of unbranched alkanes of at least 4 members (excludes halogenated alkanes) is 1. The molecule has 0 aliphatic carbocycles. The predicted octanol–water partition coefficient (Wildman–Crippen LogP) is 4.28. The number of hydrogen-bond donors (Lipinski definition) is 1. The Morgan fingerprint density at radius 1 is 1.33 bits per heavy atom. The van der Waals surface area contributed by atoms with Gasteiger partial charge in [0.25, 0.3) is 0 Å². The molecule has 1 N–H and O–H groups in total. The van der Waals surface area contributed by atoms with E-state index >= 15 is 0 Å². The fraction of sp³-hybridized carbons (Fsp3) is 0.375. The van der Waals surface area contributed by atoms with Crippen molar-refractivity contribution in [2.75, 3.05) is 18.5 Å². The zero-order valence-corrected chi connectivity index (χ0v) is 13.0. The Bertz CT molecular complexity index is 643. The van der Waals surface area contributed by atoms with Gasteiger partial charge in [-0.1, -0.05) is 43.1 Å². The number of para-hydroxylation sites is 1. The molecule has 5 heteroatoms. The van der Waals surface area contributed by atoms with Crippen LogP contribution in [0.1, 0.15) is 37.0 Å². The number of esters is 1. The van der Waals surface area contributed by atoms with Crippen molar-refractivity contribution < 1.29 is 9.53 Å². The van der Waals surface area contributed by atoms with Crippen molar-refractivity contribution in [2.45, 2.75) is 26.7 Å². The molecule has 0 saturated heterocycles. The van der Waals surface area contributed by atoms with Gasteiger partial charge in [-0.15, -0.1) is 0 Å². The number of ether oxygens (including phenoxy) is 1. The van der Waals surface area contributed by atoms with Gasteiger partial charge in [0.1, 0.15) is 11.4 Å². The van der Waals surface area contributed by atoms with Crippen LogP contribution in [-0.2, 0) is 4.74 Å². The number of benzene rings is 1. The van der Waals surface area contributed by atoms with Gasteiger partial charge >= 0.3 is 5.97 Å². The number of carbonyl (C=O) groups is 1. The van der Waals surface area contributed by atoms with Crippen LogP contribution in [0.5, 0.6) is 0 Å². The number of rotatable bonds is 6. The molecule has 21 heavy (non-hydrogen) atoms. The van der Waals surface area contributed by atoms with Gasteiger partial charge in [-0.2, -0.15) is 0 Å². The molecule has 0 fully saturated rings. The molecule has 1 aromatic heterocycles. The largest absolute Gasteiger partial charge is 0.462 e. The first-order chi connectivity index (χ1) is 10.2. The average Bonchev–Trinajstić information content (AvgIpc) is 2.48. The number of halogens is 1. The molecule has 0 unspecified atom stereocenters. The highest BCUT2D eigenvalue weighted by molar-refractivity contribution is 6.39. The molecule has 0 atom stereocenters. The van der Waals surface area contributed by atoms with E-state index in [4.69, 9.17) is 16.3 Å². The summed E-state index contributed by atoms with van der Waals surface area (Å²) in [5.74, 6) is 0.0466. The van der Waals surface area contributed by atoms with E-state index in [1.807, 2.05) is 24.3 Å². The van der Waals surface area contributed by atoms with Crippen LogP contribution < -0.4 is 5.32 Å². The molecule has 4 nitrogen and oxygen atoms in total. The van der Waals surface area contributed by atoms with Crippen LogP contribution in [0.25, 0.3) is 10.9 Å². The summed E-state index contributed by atoms with van der Waals surface area (Å²) >= 11 is 6.41. The van der Waals surface area contributed by atoms with Gasteiger partial charge in [-0.25, -0.2) is 9.78 Å². The molecule has 2 aromatic rings. The van der Waals surface area contributed by atoms with E-state index in [0.717, 1.165) is 30.3 Å². The van der Waals surface area contributed by atoms with Crippen molar-refractivity contribution in [2.24, 2.45) is 0 Å². The number of anilines is 1. The van der Waals surface area contributed by atoms with Crippen LogP contribution in [0.2, 0.25) is 5.02 Å². The average molecular weight is 307 g/mol. The summed E-state index contributed by atoms with van der Waals surface area (Å²) in [6, 6.07) is 7.49. The lowest BCUT2D eigenvalue weighted by Crippen LogP contribution is -2.13.